The number of fused-ring (bicyclic) bond motifs is 1. The van der Waals surface area contributed by atoms with E-state index in [0.29, 0.717) is 12.3 Å². The maximum Gasteiger partial charge on any atom is 0.126 e. The highest BCUT2D eigenvalue weighted by Crippen LogP contribution is 2.65. The maximum atomic E-state index is 10.5. The molecule has 56 valence electrons. The predicted molar refractivity (Wildman–Crippen MR) is 36.5 cm³/mol. The van der Waals surface area contributed by atoms with Crippen LogP contribution in [0.4, 0.5) is 0 Å². The van der Waals surface area contributed by atoms with Crippen molar-refractivity contribution in [3.63, 3.8) is 0 Å². The molecule has 2 aliphatic rings. The third-order valence-electron chi connectivity index (χ3n) is 2.91. The molecule has 2 nitrogen and oxygen atoms in total. The number of hydrogen-bond acceptors (Lipinski definition) is 2. The highest BCUT2D eigenvalue weighted by molar-refractivity contribution is 5.66. The predicted octanol–water partition coefficient (Wildman–Crippen LogP) is 0.736. The van der Waals surface area contributed by atoms with Gasteiger partial charge in [-0.2, -0.15) is 0 Å². The SMILES string of the molecule is C[C@@]1(O)C[C@@H]2C[C@]2(C=O)C1. The van der Waals surface area contributed by atoms with Crippen LogP contribution in [0.5, 0.6) is 0 Å². The molecule has 1 N–H and O–H groups in total. The highest BCUT2D eigenvalue weighted by atomic mass is 16.3. The number of carbonyl (C=O) groups excluding carboxylic acids is 1. The van der Waals surface area contributed by atoms with E-state index in [1.54, 1.807) is 0 Å². The van der Waals surface area contributed by atoms with Crippen molar-refractivity contribution in [1.82, 2.24) is 0 Å². The summed E-state index contributed by atoms with van der Waals surface area (Å²) in [4.78, 5) is 10.5. The van der Waals surface area contributed by atoms with Gasteiger partial charge >= 0.3 is 0 Å². The molecular weight excluding hydrogens is 128 g/mol. The van der Waals surface area contributed by atoms with Crippen LogP contribution < -0.4 is 0 Å². The van der Waals surface area contributed by atoms with Gasteiger partial charge < -0.3 is 9.90 Å². The summed E-state index contributed by atoms with van der Waals surface area (Å²) in [5, 5.41) is 9.53. The van der Waals surface area contributed by atoms with E-state index >= 15 is 0 Å². The van der Waals surface area contributed by atoms with E-state index < -0.39 is 5.60 Å². The summed E-state index contributed by atoms with van der Waals surface area (Å²) >= 11 is 0. The quantitative estimate of drug-likeness (QED) is 0.545. The van der Waals surface area contributed by atoms with Gasteiger partial charge in [0.25, 0.3) is 0 Å². The average Bonchev–Trinajstić information content (AvgIpc) is 2.36. The molecule has 10 heavy (non-hydrogen) atoms. The topological polar surface area (TPSA) is 37.3 Å². The smallest absolute Gasteiger partial charge is 0.126 e. The van der Waals surface area contributed by atoms with Crippen molar-refractivity contribution in [1.29, 1.82) is 0 Å². The van der Waals surface area contributed by atoms with Crippen LogP contribution in [0.1, 0.15) is 26.2 Å². The highest BCUT2D eigenvalue weighted by Gasteiger charge is 2.63. The van der Waals surface area contributed by atoms with Crippen LogP contribution in [0.2, 0.25) is 0 Å². The Labute approximate surface area is 60.2 Å². The summed E-state index contributed by atoms with van der Waals surface area (Å²) in [6.45, 7) is 1.82. The molecular formula is C8H12O2. The van der Waals surface area contributed by atoms with Crippen molar-refractivity contribution >= 4 is 6.29 Å². The molecule has 2 fully saturated rings. The van der Waals surface area contributed by atoms with Crippen molar-refractivity contribution in [3.8, 4) is 0 Å². The Morgan fingerprint density at radius 2 is 2.30 bits per heavy atom. The molecule has 0 aromatic rings. The van der Waals surface area contributed by atoms with E-state index in [0.717, 1.165) is 19.1 Å². The third-order valence-corrected chi connectivity index (χ3v) is 2.91. The minimum absolute atomic E-state index is 0.0938. The lowest BCUT2D eigenvalue weighted by Crippen LogP contribution is -2.22. The monoisotopic (exact) mass is 140 g/mol. The summed E-state index contributed by atoms with van der Waals surface area (Å²) in [5.74, 6) is 0.500. The van der Waals surface area contributed by atoms with E-state index in [1.165, 1.54) is 0 Å². The zero-order chi connectivity index (χ0) is 7.41. The van der Waals surface area contributed by atoms with Crippen LogP contribution in [0.25, 0.3) is 0 Å². The van der Waals surface area contributed by atoms with Gasteiger partial charge in [0, 0.05) is 5.41 Å². The number of aliphatic hydroxyl groups is 1. The zero-order valence-corrected chi connectivity index (χ0v) is 6.13. The Bertz CT molecular complexity index is 186. The fraction of sp³-hybridized carbons (Fsp3) is 0.875. The minimum atomic E-state index is -0.552. The average molecular weight is 140 g/mol. The van der Waals surface area contributed by atoms with Gasteiger partial charge in [-0.05, 0) is 32.1 Å². The summed E-state index contributed by atoms with van der Waals surface area (Å²) < 4.78 is 0. The van der Waals surface area contributed by atoms with Crippen molar-refractivity contribution in [3.05, 3.63) is 0 Å². The molecule has 0 saturated heterocycles. The van der Waals surface area contributed by atoms with E-state index in [4.69, 9.17) is 0 Å². The van der Waals surface area contributed by atoms with Crippen molar-refractivity contribution < 1.29 is 9.90 Å². The maximum absolute atomic E-state index is 10.5. The minimum Gasteiger partial charge on any atom is -0.390 e. The molecule has 3 atom stereocenters. The van der Waals surface area contributed by atoms with E-state index in [9.17, 15) is 9.90 Å². The van der Waals surface area contributed by atoms with Crippen LogP contribution in [0.3, 0.4) is 0 Å². The fourth-order valence-corrected chi connectivity index (χ4v) is 2.39. The molecule has 0 aromatic heterocycles. The summed E-state index contributed by atoms with van der Waals surface area (Å²) in [7, 11) is 0. The second-order valence-electron chi connectivity index (χ2n) is 4.13. The molecule has 2 aliphatic carbocycles. The summed E-state index contributed by atoms with van der Waals surface area (Å²) in [6.07, 6.45) is 3.58. The molecule has 0 radical (unpaired) electrons. The Morgan fingerprint density at radius 1 is 1.60 bits per heavy atom. The van der Waals surface area contributed by atoms with Gasteiger partial charge in [0.05, 0.1) is 5.60 Å². The van der Waals surface area contributed by atoms with Gasteiger partial charge in [-0.25, -0.2) is 0 Å². The van der Waals surface area contributed by atoms with Crippen LogP contribution >= 0.6 is 0 Å². The first kappa shape index (κ1) is 6.35. The molecule has 2 rings (SSSR count). The Hall–Kier alpha value is -0.370. The lowest BCUT2D eigenvalue weighted by atomic mass is 9.96. The van der Waals surface area contributed by atoms with E-state index in [-0.39, 0.29) is 5.41 Å². The third kappa shape index (κ3) is 0.655. The molecule has 0 unspecified atom stereocenters. The molecule has 0 amide bonds. The number of aldehydes is 1. The first-order valence-electron chi connectivity index (χ1n) is 3.77. The van der Waals surface area contributed by atoms with E-state index in [1.807, 2.05) is 6.92 Å². The van der Waals surface area contributed by atoms with Crippen molar-refractivity contribution in [2.75, 3.05) is 0 Å². The van der Waals surface area contributed by atoms with Crippen LogP contribution in [0, 0.1) is 11.3 Å². The first-order chi connectivity index (χ1) is 4.58. The Kier molecular flexibility index (Phi) is 0.919. The van der Waals surface area contributed by atoms with Gasteiger partial charge in [-0.15, -0.1) is 0 Å². The number of carbonyl (C=O) groups is 1. The Balaban J connectivity index is 2.17. The molecule has 0 aromatic carbocycles. The molecule has 2 heteroatoms. The Morgan fingerprint density at radius 3 is 2.60 bits per heavy atom. The number of hydrogen-bond donors (Lipinski definition) is 1. The van der Waals surface area contributed by atoms with Gasteiger partial charge in [0.2, 0.25) is 0 Å². The zero-order valence-electron chi connectivity index (χ0n) is 6.13. The summed E-state index contributed by atoms with van der Waals surface area (Å²) in [5.41, 5.74) is -0.646. The van der Waals surface area contributed by atoms with Crippen LogP contribution in [-0.4, -0.2) is 17.0 Å². The molecule has 0 heterocycles. The van der Waals surface area contributed by atoms with Gasteiger partial charge in [-0.1, -0.05) is 0 Å². The fourth-order valence-electron chi connectivity index (χ4n) is 2.39. The lowest BCUT2D eigenvalue weighted by Gasteiger charge is -2.18. The normalized spacial score (nSPS) is 58.0. The lowest BCUT2D eigenvalue weighted by molar-refractivity contribution is -0.113. The first-order valence-corrected chi connectivity index (χ1v) is 3.77. The second kappa shape index (κ2) is 1.45. The van der Waals surface area contributed by atoms with Gasteiger partial charge in [-0.3, -0.25) is 0 Å². The van der Waals surface area contributed by atoms with Crippen LogP contribution in [-0.2, 0) is 4.79 Å². The van der Waals surface area contributed by atoms with Gasteiger partial charge in [0.1, 0.15) is 6.29 Å². The van der Waals surface area contributed by atoms with Gasteiger partial charge in [0.15, 0.2) is 0 Å². The van der Waals surface area contributed by atoms with E-state index in [2.05, 4.69) is 0 Å². The van der Waals surface area contributed by atoms with Crippen LogP contribution in [0.15, 0.2) is 0 Å². The standard InChI is InChI=1S/C8H12O2/c1-7(10)2-6-3-8(6,4-7)5-9/h5-6,10H,2-4H2,1H3/t6-,7-,8-/m1/s1. The summed E-state index contributed by atoms with van der Waals surface area (Å²) in [6, 6.07) is 0. The second-order valence-corrected chi connectivity index (χ2v) is 4.13. The van der Waals surface area contributed by atoms with Crippen molar-refractivity contribution in [2.45, 2.75) is 31.8 Å². The van der Waals surface area contributed by atoms with Crippen molar-refractivity contribution in [2.24, 2.45) is 11.3 Å². The largest absolute Gasteiger partial charge is 0.390 e. The number of rotatable bonds is 1. The molecule has 0 aliphatic heterocycles. The molecule has 2 saturated carbocycles. The molecule has 0 bridgehead atoms. The molecule has 0 spiro atoms.